The molecule has 10 heavy (non-hydrogen) atoms. The van der Waals surface area contributed by atoms with Gasteiger partial charge in [0.2, 0.25) is 0 Å². The van der Waals surface area contributed by atoms with E-state index in [1.807, 2.05) is 0 Å². The minimum Gasteiger partial charge on any atom is -0.390 e. The Kier molecular flexibility index (Phi) is 3.15. The highest BCUT2D eigenvalue weighted by Crippen LogP contribution is 2.04. The molecule has 0 atom stereocenters. The van der Waals surface area contributed by atoms with Gasteiger partial charge in [-0.1, -0.05) is 0 Å². The zero-order valence-electron chi connectivity index (χ0n) is 6.44. The standard InChI is InChI=1S/C6H15N3O/c1-6(2,10)3-4-9-5(7)8/h10H,3-4H2,1-2H3,(H4,7,8,9). The van der Waals surface area contributed by atoms with E-state index >= 15 is 0 Å². The van der Waals surface area contributed by atoms with E-state index in [0.717, 1.165) is 0 Å². The molecule has 5 N–H and O–H groups in total. The molecule has 0 fully saturated rings. The molecule has 0 radical (unpaired) electrons. The molecule has 60 valence electrons. The second kappa shape index (κ2) is 3.41. The van der Waals surface area contributed by atoms with Crippen LogP contribution in [0.5, 0.6) is 0 Å². The third-order valence-corrected chi connectivity index (χ3v) is 1.05. The summed E-state index contributed by atoms with van der Waals surface area (Å²) in [5.74, 6) is -0.0516. The zero-order valence-corrected chi connectivity index (χ0v) is 6.44. The van der Waals surface area contributed by atoms with Crippen molar-refractivity contribution in [3.63, 3.8) is 0 Å². The van der Waals surface area contributed by atoms with Crippen molar-refractivity contribution in [1.82, 2.24) is 5.32 Å². The first kappa shape index (κ1) is 9.23. The summed E-state index contributed by atoms with van der Waals surface area (Å²) in [7, 11) is 0. The fourth-order valence-electron chi connectivity index (χ4n) is 0.503. The van der Waals surface area contributed by atoms with Crippen molar-refractivity contribution < 1.29 is 5.11 Å². The number of guanidine groups is 1. The largest absolute Gasteiger partial charge is 0.390 e. The van der Waals surface area contributed by atoms with E-state index in [0.29, 0.717) is 13.0 Å². The minimum atomic E-state index is -0.678. The lowest BCUT2D eigenvalue weighted by Gasteiger charge is -2.16. The molecule has 0 saturated heterocycles. The summed E-state index contributed by atoms with van der Waals surface area (Å²) in [6, 6.07) is 0. The molecule has 0 aliphatic heterocycles. The molecule has 0 aromatic rings. The quantitative estimate of drug-likeness (QED) is 0.323. The first-order valence-corrected chi connectivity index (χ1v) is 3.22. The van der Waals surface area contributed by atoms with Gasteiger partial charge in [-0.05, 0) is 20.3 Å². The van der Waals surface area contributed by atoms with E-state index < -0.39 is 5.60 Å². The molecule has 0 heterocycles. The molecular formula is C6H15N3O. The fraction of sp³-hybridized carbons (Fsp3) is 0.833. The molecule has 0 aliphatic carbocycles. The topological polar surface area (TPSA) is 82.1 Å². The monoisotopic (exact) mass is 145 g/mol. The van der Waals surface area contributed by atoms with Crippen LogP contribution in [0, 0.1) is 5.41 Å². The van der Waals surface area contributed by atoms with Crippen molar-refractivity contribution in [2.24, 2.45) is 5.73 Å². The van der Waals surface area contributed by atoms with E-state index in [1.54, 1.807) is 13.8 Å². The van der Waals surface area contributed by atoms with Gasteiger partial charge in [0.1, 0.15) is 0 Å². The number of hydrogen-bond donors (Lipinski definition) is 4. The first-order valence-electron chi connectivity index (χ1n) is 3.22. The minimum absolute atomic E-state index is 0.0516. The van der Waals surface area contributed by atoms with Gasteiger partial charge >= 0.3 is 0 Å². The third-order valence-electron chi connectivity index (χ3n) is 1.05. The van der Waals surface area contributed by atoms with Crippen molar-refractivity contribution in [2.45, 2.75) is 25.9 Å². The van der Waals surface area contributed by atoms with E-state index in [9.17, 15) is 5.11 Å². The number of nitrogens with two attached hydrogens (primary N) is 1. The maximum absolute atomic E-state index is 9.18. The molecule has 4 nitrogen and oxygen atoms in total. The molecule has 0 rings (SSSR count). The van der Waals surface area contributed by atoms with Gasteiger partial charge in [0, 0.05) is 6.54 Å². The molecular weight excluding hydrogens is 130 g/mol. The molecule has 0 saturated carbocycles. The summed E-state index contributed by atoms with van der Waals surface area (Å²) in [4.78, 5) is 0. The average Bonchev–Trinajstić information content (AvgIpc) is 1.59. The molecule has 4 heteroatoms. The van der Waals surface area contributed by atoms with Crippen LogP contribution < -0.4 is 11.1 Å². The molecule has 0 unspecified atom stereocenters. The first-order chi connectivity index (χ1) is 4.42. The maximum atomic E-state index is 9.18. The Bertz CT molecular complexity index is 117. The van der Waals surface area contributed by atoms with Crippen LogP contribution in [-0.4, -0.2) is 23.2 Å². The summed E-state index contributed by atoms with van der Waals surface area (Å²) in [6.07, 6.45) is 0.590. The molecule has 0 aromatic carbocycles. The van der Waals surface area contributed by atoms with Crippen LogP contribution in [-0.2, 0) is 0 Å². The smallest absolute Gasteiger partial charge is 0.185 e. The van der Waals surface area contributed by atoms with E-state index in [-0.39, 0.29) is 5.96 Å². The second-order valence-electron chi connectivity index (χ2n) is 2.90. The van der Waals surface area contributed by atoms with Crippen LogP contribution in [0.25, 0.3) is 0 Å². The summed E-state index contributed by atoms with van der Waals surface area (Å²) in [6.45, 7) is 3.97. The van der Waals surface area contributed by atoms with Crippen LogP contribution in [0.2, 0.25) is 0 Å². The van der Waals surface area contributed by atoms with Crippen LogP contribution in [0.15, 0.2) is 0 Å². The maximum Gasteiger partial charge on any atom is 0.185 e. The van der Waals surface area contributed by atoms with Gasteiger partial charge in [-0.25, -0.2) is 0 Å². The van der Waals surface area contributed by atoms with Crippen LogP contribution in [0.1, 0.15) is 20.3 Å². The lowest BCUT2D eigenvalue weighted by atomic mass is 10.1. The fourth-order valence-corrected chi connectivity index (χ4v) is 0.503. The van der Waals surface area contributed by atoms with Crippen molar-refractivity contribution in [1.29, 1.82) is 5.41 Å². The number of nitrogens with one attached hydrogen (secondary N) is 2. The average molecular weight is 145 g/mol. The van der Waals surface area contributed by atoms with Crippen molar-refractivity contribution in [3.8, 4) is 0 Å². The van der Waals surface area contributed by atoms with Crippen LogP contribution in [0.4, 0.5) is 0 Å². The number of rotatable bonds is 3. The normalized spacial score (nSPS) is 11.1. The lowest BCUT2D eigenvalue weighted by Crippen LogP contribution is -2.34. The highest BCUT2D eigenvalue weighted by molar-refractivity contribution is 5.74. The van der Waals surface area contributed by atoms with Gasteiger partial charge in [-0.2, -0.15) is 0 Å². The summed E-state index contributed by atoms with van der Waals surface area (Å²) >= 11 is 0. The van der Waals surface area contributed by atoms with Gasteiger partial charge in [-0.3, -0.25) is 5.41 Å². The molecule has 0 spiro atoms. The zero-order chi connectivity index (χ0) is 8.20. The van der Waals surface area contributed by atoms with Crippen molar-refractivity contribution >= 4 is 5.96 Å². The molecule has 0 aromatic heterocycles. The predicted octanol–water partition coefficient (Wildman–Crippen LogP) is -0.370. The third kappa shape index (κ3) is 7.23. The van der Waals surface area contributed by atoms with Gasteiger partial charge in [0.15, 0.2) is 5.96 Å². The Morgan fingerprint density at radius 1 is 1.70 bits per heavy atom. The Hall–Kier alpha value is -0.770. The van der Waals surface area contributed by atoms with Crippen molar-refractivity contribution in [3.05, 3.63) is 0 Å². The predicted molar refractivity (Wildman–Crippen MR) is 40.8 cm³/mol. The number of hydrogen-bond acceptors (Lipinski definition) is 2. The Balaban J connectivity index is 3.29. The van der Waals surface area contributed by atoms with Crippen molar-refractivity contribution in [2.75, 3.05) is 6.54 Å². The second-order valence-corrected chi connectivity index (χ2v) is 2.90. The van der Waals surface area contributed by atoms with Gasteiger partial charge in [0.25, 0.3) is 0 Å². The van der Waals surface area contributed by atoms with E-state index in [1.165, 1.54) is 0 Å². The summed E-state index contributed by atoms with van der Waals surface area (Å²) in [5, 5.41) is 18.6. The van der Waals surface area contributed by atoms with Gasteiger partial charge in [-0.15, -0.1) is 0 Å². The summed E-state index contributed by atoms with van der Waals surface area (Å²) in [5.41, 5.74) is 4.33. The Morgan fingerprint density at radius 3 is 2.50 bits per heavy atom. The van der Waals surface area contributed by atoms with Crippen LogP contribution >= 0.6 is 0 Å². The number of aliphatic hydroxyl groups is 1. The Morgan fingerprint density at radius 2 is 2.20 bits per heavy atom. The van der Waals surface area contributed by atoms with Crippen LogP contribution in [0.3, 0.4) is 0 Å². The van der Waals surface area contributed by atoms with E-state index in [4.69, 9.17) is 11.1 Å². The summed E-state index contributed by atoms with van der Waals surface area (Å²) < 4.78 is 0. The molecule has 0 bridgehead atoms. The highest BCUT2D eigenvalue weighted by Gasteiger charge is 2.10. The van der Waals surface area contributed by atoms with Gasteiger partial charge < -0.3 is 16.2 Å². The highest BCUT2D eigenvalue weighted by atomic mass is 16.3. The lowest BCUT2D eigenvalue weighted by molar-refractivity contribution is 0.0725. The molecule has 0 aliphatic rings. The van der Waals surface area contributed by atoms with E-state index in [2.05, 4.69) is 5.32 Å². The van der Waals surface area contributed by atoms with Gasteiger partial charge in [0.05, 0.1) is 5.60 Å². The SMILES string of the molecule is CC(C)(O)CCNC(=N)N. The molecule has 0 amide bonds. The Labute approximate surface area is 60.9 Å².